The molecule has 2 aliphatic carbocycles. The number of ether oxygens (including phenoxy) is 2. The summed E-state index contributed by atoms with van der Waals surface area (Å²) in [5.74, 6) is 0.0814. The molecule has 4 bridgehead atoms. The Bertz CT molecular complexity index is 634. The minimum absolute atomic E-state index is 0.0850. The second-order valence-electron chi connectivity index (χ2n) is 6.94. The van der Waals surface area contributed by atoms with Crippen LogP contribution in [0.15, 0.2) is 22.2 Å². The monoisotopic (exact) mass is 429 g/mol. The van der Waals surface area contributed by atoms with Crippen molar-refractivity contribution in [3.63, 3.8) is 0 Å². The molecule has 0 amide bonds. The SMILES string of the molecule is CC[S+]1[C@@H]2C=CC[C@H]1[C@@H]1[C@@H](C2)[C@]2(Cl)C(Cl)=C(Cl)[C@]1(Cl)C2(OC)OC. The topological polar surface area (TPSA) is 18.5 Å². The van der Waals surface area contributed by atoms with Crippen molar-refractivity contribution in [2.75, 3.05) is 20.0 Å². The van der Waals surface area contributed by atoms with E-state index in [0.29, 0.717) is 20.6 Å². The van der Waals surface area contributed by atoms with Crippen molar-refractivity contribution in [3.05, 3.63) is 22.2 Å². The van der Waals surface area contributed by atoms with Gasteiger partial charge in [0.15, 0.2) is 0 Å². The molecular formula is C17H21Cl4O2S+. The summed E-state index contributed by atoms with van der Waals surface area (Å²) < 4.78 is 11.8. The molecule has 2 aliphatic heterocycles. The van der Waals surface area contributed by atoms with Gasteiger partial charge in [0.2, 0.25) is 5.79 Å². The van der Waals surface area contributed by atoms with Gasteiger partial charge in [0.05, 0.1) is 10.1 Å². The third-order valence-electron chi connectivity index (χ3n) is 6.49. The zero-order valence-corrected chi connectivity index (χ0v) is 17.7. The largest absolute Gasteiger partial charge is 0.350 e. The maximum absolute atomic E-state index is 7.27. The van der Waals surface area contributed by atoms with Gasteiger partial charge in [-0.15, -0.1) is 23.2 Å². The molecule has 24 heavy (non-hydrogen) atoms. The lowest BCUT2D eigenvalue weighted by molar-refractivity contribution is -0.220. The van der Waals surface area contributed by atoms with Gasteiger partial charge in [-0.25, -0.2) is 0 Å². The summed E-state index contributed by atoms with van der Waals surface area (Å²) in [4.78, 5) is -2.07. The summed E-state index contributed by atoms with van der Waals surface area (Å²) >= 11 is 27.8. The van der Waals surface area contributed by atoms with Gasteiger partial charge >= 0.3 is 0 Å². The molecule has 1 saturated carbocycles. The van der Waals surface area contributed by atoms with E-state index < -0.39 is 15.5 Å². The first kappa shape index (κ1) is 18.3. The minimum atomic E-state index is -1.24. The third-order valence-corrected chi connectivity index (χ3v) is 12.2. The number of alkyl halides is 2. The Labute approximate surface area is 166 Å². The molecule has 134 valence electrons. The molecule has 0 aromatic heterocycles. The number of hydrogen-bond donors (Lipinski definition) is 0. The number of allylic oxidation sites excluding steroid dienone is 1. The van der Waals surface area contributed by atoms with E-state index in [4.69, 9.17) is 55.9 Å². The van der Waals surface area contributed by atoms with Crippen LogP contribution in [-0.2, 0) is 20.4 Å². The van der Waals surface area contributed by atoms with Crippen LogP contribution in [0.25, 0.3) is 0 Å². The highest BCUT2D eigenvalue weighted by molar-refractivity contribution is 7.98. The number of hydrogen-bond acceptors (Lipinski definition) is 2. The lowest BCUT2D eigenvalue weighted by atomic mass is 9.75. The van der Waals surface area contributed by atoms with E-state index in [-0.39, 0.29) is 22.7 Å². The molecule has 0 aromatic carbocycles. The summed E-state index contributed by atoms with van der Waals surface area (Å²) in [5, 5.41) is 1.76. The smallest absolute Gasteiger partial charge is 0.217 e. The maximum Gasteiger partial charge on any atom is 0.217 e. The van der Waals surface area contributed by atoms with Crippen LogP contribution in [0.1, 0.15) is 19.8 Å². The van der Waals surface area contributed by atoms with Crippen molar-refractivity contribution in [1.82, 2.24) is 0 Å². The average molecular weight is 431 g/mol. The molecule has 0 aromatic rings. The summed E-state index contributed by atoms with van der Waals surface area (Å²) in [5.41, 5.74) is 0. The van der Waals surface area contributed by atoms with Crippen molar-refractivity contribution in [1.29, 1.82) is 0 Å². The first-order valence-electron chi connectivity index (χ1n) is 8.24. The Balaban J connectivity index is 1.95. The quantitative estimate of drug-likeness (QED) is 0.281. The van der Waals surface area contributed by atoms with Crippen molar-refractivity contribution in [2.24, 2.45) is 11.8 Å². The van der Waals surface area contributed by atoms with Crippen LogP contribution < -0.4 is 0 Å². The predicted molar refractivity (Wildman–Crippen MR) is 103 cm³/mol. The highest BCUT2D eigenvalue weighted by Gasteiger charge is 2.87. The molecule has 0 N–H and O–H groups in total. The van der Waals surface area contributed by atoms with Crippen LogP contribution in [-0.4, -0.2) is 46.0 Å². The molecule has 7 atom stereocenters. The maximum atomic E-state index is 7.27. The van der Waals surface area contributed by atoms with E-state index >= 15 is 0 Å². The summed E-state index contributed by atoms with van der Waals surface area (Å²) in [6.07, 6.45) is 6.59. The van der Waals surface area contributed by atoms with E-state index in [9.17, 15) is 0 Å². The van der Waals surface area contributed by atoms with E-state index in [1.807, 2.05) is 0 Å². The molecule has 7 heteroatoms. The van der Waals surface area contributed by atoms with E-state index in [0.717, 1.165) is 18.6 Å². The molecule has 0 radical (unpaired) electrons. The second-order valence-corrected chi connectivity index (χ2v) is 11.6. The highest BCUT2D eigenvalue weighted by atomic mass is 35.5. The van der Waals surface area contributed by atoms with Crippen LogP contribution >= 0.6 is 46.4 Å². The fourth-order valence-electron chi connectivity index (χ4n) is 5.70. The highest BCUT2D eigenvalue weighted by Crippen LogP contribution is 2.77. The predicted octanol–water partition coefficient (Wildman–Crippen LogP) is 4.62. The Morgan fingerprint density at radius 3 is 2.38 bits per heavy atom. The van der Waals surface area contributed by atoms with Crippen molar-refractivity contribution in [3.8, 4) is 0 Å². The van der Waals surface area contributed by atoms with Crippen LogP contribution in [0.2, 0.25) is 0 Å². The Morgan fingerprint density at radius 1 is 1.17 bits per heavy atom. The number of fused-ring (bicyclic) bond motifs is 8. The van der Waals surface area contributed by atoms with Crippen LogP contribution in [0.3, 0.4) is 0 Å². The molecule has 2 fully saturated rings. The van der Waals surface area contributed by atoms with Gasteiger partial charge < -0.3 is 9.47 Å². The van der Waals surface area contributed by atoms with Crippen molar-refractivity contribution >= 4 is 57.3 Å². The van der Waals surface area contributed by atoms with E-state index in [1.54, 1.807) is 14.2 Å². The van der Waals surface area contributed by atoms with Crippen molar-refractivity contribution in [2.45, 2.75) is 45.8 Å². The van der Waals surface area contributed by atoms with Crippen LogP contribution in [0, 0.1) is 11.8 Å². The second kappa shape index (κ2) is 5.70. The summed E-state index contributed by atoms with van der Waals surface area (Å²) in [7, 11) is 3.43. The minimum Gasteiger partial charge on any atom is -0.350 e. The van der Waals surface area contributed by atoms with Gasteiger partial charge in [-0.3, -0.25) is 0 Å². The van der Waals surface area contributed by atoms with Gasteiger partial charge in [-0.05, 0) is 23.9 Å². The van der Waals surface area contributed by atoms with Crippen LogP contribution in [0.4, 0.5) is 0 Å². The molecule has 0 spiro atoms. The fourth-order valence-corrected chi connectivity index (χ4v) is 11.3. The number of halogens is 4. The first-order valence-corrected chi connectivity index (χ1v) is 11.3. The molecule has 4 rings (SSSR count). The standard InChI is InChI=1S/C17H21Cl4O2S/c1-4-24-9-6-5-7-11(24)12-10(8-9)15(20)13(18)14(19)16(12,21)17(15,22-2)23-3/h5-6,9-12H,4,7-8H2,1-3H3/q+1/t9-,10-,11+,12+,15+,16+,24?/m1/s1. The van der Waals surface area contributed by atoms with Gasteiger partial charge in [0.25, 0.3) is 0 Å². The van der Waals surface area contributed by atoms with Gasteiger partial charge in [0.1, 0.15) is 26.0 Å². The van der Waals surface area contributed by atoms with E-state index in [2.05, 4.69) is 19.1 Å². The molecular weight excluding hydrogens is 410 g/mol. The lowest BCUT2D eigenvalue weighted by Gasteiger charge is -2.46. The Kier molecular flexibility index (Phi) is 4.34. The van der Waals surface area contributed by atoms with Gasteiger partial charge in [-0.2, -0.15) is 0 Å². The number of rotatable bonds is 3. The third kappa shape index (κ3) is 1.68. The number of methoxy groups -OCH3 is 2. The molecule has 4 aliphatic rings. The Hall–Kier alpha value is 0.910. The van der Waals surface area contributed by atoms with Gasteiger partial charge in [-0.1, -0.05) is 29.3 Å². The fraction of sp³-hybridized carbons (Fsp3) is 0.765. The molecule has 1 saturated heterocycles. The lowest BCUT2D eigenvalue weighted by Crippen LogP contribution is -2.58. The normalized spacial score (nSPS) is 51.2. The Morgan fingerprint density at radius 2 is 1.79 bits per heavy atom. The molecule has 2 heterocycles. The first-order chi connectivity index (χ1) is 11.3. The zero-order chi connectivity index (χ0) is 17.5. The van der Waals surface area contributed by atoms with Gasteiger partial charge in [0, 0.05) is 38.9 Å². The summed E-state index contributed by atoms with van der Waals surface area (Å²) in [6, 6.07) is 0. The zero-order valence-electron chi connectivity index (χ0n) is 13.8. The van der Waals surface area contributed by atoms with E-state index in [1.165, 1.54) is 0 Å². The van der Waals surface area contributed by atoms with Crippen molar-refractivity contribution < 1.29 is 9.47 Å². The van der Waals surface area contributed by atoms with Crippen LogP contribution in [0.5, 0.6) is 0 Å². The molecule has 1 unspecified atom stereocenters. The average Bonchev–Trinajstić information content (AvgIpc) is 2.82. The summed E-state index contributed by atoms with van der Waals surface area (Å²) in [6.45, 7) is 2.26. The molecule has 2 nitrogen and oxygen atoms in total.